The van der Waals surface area contributed by atoms with Crippen molar-refractivity contribution in [3.63, 3.8) is 0 Å². The molecule has 2 heterocycles. The Balaban J connectivity index is 0.00000288. The molecule has 0 aliphatic carbocycles. The van der Waals surface area contributed by atoms with Gasteiger partial charge < -0.3 is 19.9 Å². The van der Waals surface area contributed by atoms with Crippen molar-refractivity contribution in [1.29, 1.82) is 0 Å². The second-order valence-corrected chi connectivity index (χ2v) is 6.43. The van der Waals surface area contributed by atoms with Crippen LogP contribution >= 0.6 is 24.8 Å². The molecular weight excluding hydrogens is 369 g/mol. The van der Waals surface area contributed by atoms with E-state index >= 15 is 0 Å². The zero-order valence-electron chi connectivity index (χ0n) is 15.2. The zero-order valence-corrected chi connectivity index (χ0v) is 16.9. The van der Waals surface area contributed by atoms with Crippen molar-refractivity contribution in [2.24, 2.45) is 5.73 Å². The van der Waals surface area contributed by atoms with Gasteiger partial charge in [0.15, 0.2) is 5.82 Å². The lowest BCUT2D eigenvalue weighted by atomic mass is 10.0. The second-order valence-electron chi connectivity index (χ2n) is 6.43. The minimum absolute atomic E-state index is 0. The molecule has 1 saturated heterocycles. The number of nitrogens with zero attached hydrogens (tertiary/aromatic N) is 4. The predicted octanol–water partition coefficient (Wildman–Crippen LogP) is 1.39. The zero-order chi connectivity index (χ0) is 17.0. The van der Waals surface area contributed by atoms with Gasteiger partial charge in [0.1, 0.15) is 6.10 Å². The van der Waals surface area contributed by atoms with Gasteiger partial charge >= 0.3 is 0 Å². The van der Waals surface area contributed by atoms with E-state index in [0.29, 0.717) is 38.0 Å². The molecule has 1 aliphatic heterocycles. The van der Waals surface area contributed by atoms with E-state index in [0.717, 1.165) is 13.1 Å². The van der Waals surface area contributed by atoms with Crippen LogP contribution in [-0.2, 0) is 16.1 Å². The topological polar surface area (TPSA) is 97.7 Å². The molecule has 1 aliphatic rings. The third-order valence-corrected chi connectivity index (χ3v) is 3.83. The number of amides is 1. The lowest BCUT2D eigenvalue weighted by Crippen LogP contribution is -2.56. The maximum atomic E-state index is 12.2. The summed E-state index contributed by atoms with van der Waals surface area (Å²) in [5, 5.41) is 3.96. The number of halogens is 2. The first-order valence-electron chi connectivity index (χ1n) is 8.06. The fraction of sp³-hybridized carbons (Fsp3) is 0.800. The minimum atomic E-state index is -0.820. The Kier molecular flexibility index (Phi) is 9.89. The Morgan fingerprint density at radius 3 is 2.44 bits per heavy atom. The molecule has 1 fully saturated rings. The molecule has 1 aromatic heterocycles. The number of hydrogen-bond donors (Lipinski definition) is 1. The Labute approximate surface area is 161 Å². The lowest BCUT2D eigenvalue weighted by Gasteiger charge is -2.36. The molecule has 0 bridgehead atoms. The third kappa shape index (κ3) is 6.71. The van der Waals surface area contributed by atoms with E-state index in [-0.39, 0.29) is 36.8 Å². The Bertz CT molecular complexity index is 527. The standard InChI is InChI=1S/C15H27N5O3.2ClH/c1-5-22-11(2)13-17-12(23-18-13)10-19-6-8-20(9-7-19)14(21)15(3,4)16;;/h11H,5-10,16H2,1-4H3;2*1H. The first kappa shape index (κ1) is 24.1. The number of carbonyl (C=O) groups is 1. The van der Waals surface area contributed by atoms with Gasteiger partial charge in [0.2, 0.25) is 11.8 Å². The number of carbonyl (C=O) groups excluding carboxylic acids is 1. The number of ether oxygens (including phenoxy) is 1. The van der Waals surface area contributed by atoms with Crippen LogP contribution in [0.25, 0.3) is 0 Å². The molecule has 10 heteroatoms. The first-order chi connectivity index (χ1) is 10.8. The van der Waals surface area contributed by atoms with E-state index in [1.807, 2.05) is 18.7 Å². The summed E-state index contributed by atoms with van der Waals surface area (Å²) in [5.74, 6) is 1.13. The lowest BCUT2D eigenvalue weighted by molar-refractivity contribution is -0.137. The molecule has 0 spiro atoms. The molecule has 0 radical (unpaired) electrons. The normalized spacial score (nSPS) is 16.8. The largest absolute Gasteiger partial charge is 0.371 e. The van der Waals surface area contributed by atoms with Crippen LogP contribution in [0.2, 0.25) is 0 Å². The molecule has 0 aromatic carbocycles. The third-order valence-electron chi connectivity index (χ3n) is 3.83. The van der Waals surface area contributed by atoms with Gasteiger partial charge in [-0.05, 0) is 27.7 Å². The second kappa shape index (κ2) is 10.3. The van der Waals surface area contributed by atoms with Crippen molar-refractivity contribution in [2.75, 3.05) is 32.8 Å². The molecule has 8 nitrogen and oxygen atoms in total. The van der Waals surface area contributed by atoms with E-state index in [9.17, 15) is 4.79 Å². The van der Waals surface area contributed by atoms with Gasteiger partial charge in [-0.1, -0.05) is 5.16 Å². The molecule has 146 valence electrons. The summed E-state index contributed by atoms with van der Waals surface area (Å²) >= 11 is 0. The fourth-order valence-electron chi connectivity index (χ4n) is 2.53. The van der Waals surface area contributed by atoms with Crippen LogP contribution in [0.15, 0.2) is 4.52 Å². The highest BCUT2D eigenvalue weighted by Crippen LogP contribution is 2.15. The van der Waals surface area contributed by atoms with Crippen molar-refractivity contribution in [2.45, 2.75) is 45.9 Å². The molecule has 0 saturated carbocycles. The Morgan fingerprint density at radius 2 is 1.92 bits per heavy atom. The molecule has 1 atom stereocenters. The van der Waals surface area contributed by atoms with Crippen molar-refractivity contribution < 1.29 is 14.1 Å². The number of aromatic nitrogens is 2. The molecule has 2 N–H and O–H groups in total. The molecule has 1 amide bonds. The van der Waals surface area contributed by atoms with E-state index < -0.39 is 5.54 Å². The van der Waals surface area contributed by atoms with Gasteiger partial charge in [0, 0.05) is 32.8 Å². The van der Waals surface area contributed by atoms with Crippen LogP contribution in [0.5, 0.6) is 0 Å². The monoisotopic (exact) mass is 397 g/mol. The van der Waals surface area contributed by atoms with Crippen molar-refractivity contribution >= 4 is 30.7 Å². The highest BCUT2D eigenvalue weighted by Gasteiger charge is 2.30. The number of nitrogens with two attached hydrogens (primary N) is 1. The van der Waals surface area contributed by atoms with Crippen LogP contribution in [-0.4, -0.2) is 64.2 Å². The van der Waals surface area contributed by atoms with Crippen LogP contribution in [0, 0.1) is 0 Å². The summed E-state index contributed by atoms with van der Waals surface area (Å²) in [6.07, 6.45) is -0.168. The van der Waals surface area contributed by atoms with E-state index in [1.165, 1.54) is 0 Å². The van der Waals surface area contributed by atoms with Gasteiger partial charge in [-0.2, -0.15) is 4.98 Å². The number of piperazine rings is 1. The maximum Gasteiger partial charge on any atom is 0.242 e. The average molecular weight is 398 g/mol. The highest BCUT2D eigenvalue weighted by molar-refractivity contribution is 5.86. The first-order valence-corrected chi connectivity index (χ1v) is 8.06. The van der Waals surface area contributed by atoms with Crippen LogP contribution < -0.4 is 5.73 Å². The summed E-state index contributed by atoms with van der Waals surface area (Å²) in [4.78, 5) is 20.5. The molecule has 2 rings (SSSR count). The summed E-state index contributed by atoms with van der Waals surface area (Å²) < 4.78 is 10.7. The van der Waals surface area contributed by atoms with Crippen molar-refractivity contribution in [1.82, 2.24) is 19.9 Å². The molecular formula is C15H29Cl2N5O3. The van der Waals surface area contributed by atoms with Crippen molar-refractivity contribution in [3.8, 4) is 0 Å². The Hall–Kier alpha value is -0.930. The summed E-state index contributed by atoms with van der Waals surface area (Å²) in [7, 11) is 0. The smallest absolute Gasteiger partial charge is 0.242 e. The average Bonchev–Trinajstić information content (AvgIpc) is 2.95. The SMILES string of the molecule is CCOC(C)c1noc(CN2CCN(C(=O)C(C)(C)N)CC2)n1.Cl.Cl. The van der Waals surface area contributed by atoms with Gasteiger partial charge in [0.25, 0.3) is 0 Å². The summed E-state index contributed by atoms with van der Waals surface area (Å²) in [6.45, 7) is 11.4. The summed E-state index contributed by atoms with van der Waals surface area (Å²) in [6, 6.07) is 0. The molecule has 1 unspecified atom stereocenters. The van der Waals surface area contributed by atoms with Crippen molar-refractivity contribution in [3.05, 3.63) is 11.7 Å². The number of rotatable bonds is 6. The van der Waals surface area contributed by atoms with Gasteiger partial charge in [-0.3, -0.25) is 9.69 Å². The van der Waals surface area contributed by atoms with E-state index in [2.05, 4.69) is 15.0 Å². The van der Waals surface area contributed by atoms with Crippen LogP contribution in [0.4, 0.5) is 0 Å². The predicted molar refractivity (Wildman–Crippen MR) is 99.0 cm³/mol. The van der Waals surface area contributed by atoms with Gasteiger partial charge in [-0.15, -0.1) is 24.8 Å². The molecule has 25 heavy (non-hydrogen) atoms. The summed E-state index contributed by atoms with van der Waals surface area (Å²) in [5.41, 5.74) is 5.05. The van der Waals surface area contributed by atoms with Gasteiger partial charge in [0.05, 0.1) is 12.1 Å². The quantitative estimate of drug-likeness (QED) is 0.773. The van der Waals surface area contributed by atoms with E-state index in [4.69, 9.17) is 15.0 Å². The Morgan fingerprint density at radius 1 is 1.32 bits per heavy atom. The highest BCUT2D eigenvalue weighted by atomic mass is 35.5. The fourth-order valence-corrected chi connectivity index (χ4v) is 2.53. The van der Waals surface area contributed by atoms with Crippen LogP contribution in [0.1, 0.15) is 45.5 Å². The van der Waals surface area contributed by atoms with E-state index in [1.54, 1.807) is 13.8 Å². The molecule has 1 aromatic rings. The van der Waals surface area contributed by atoms with Crippen LogP contribution in [0.3, 0.4) is 0 Å². The number of hydrogen-bond acceptors (Lipinski definition) is 7. The van der Waals surface area contributed by atoms with Gasteiger partial charge in [-0.25, -0.2) is 0 Å². The maximum absolute atomic E-state index is 12.2. The minimum Gasteiger partial charge on any atom is -0.371 e.